The zero-order valence-corrected chi connectivity index (χ0v) is 11.1. The summed E-state index contributed by atoms with van der Waals surface area (Å²) in [5, 5.41) is 6.17. The highest BCUT2D eigenvalue weighted by Gasteiger charge is 2.09. The van der Waals surface area contributed by atoms with Crippen LogP contribution in [0.4, 0.5) is 11.5 Å². The fourth-order valence-electron chi connectivity index (χ4n) is 1.47. The summed E-state index contributed by atoms with van der Waals surface area (Å²) in [6, 6.07) is 7.02. The van der Waals surface area contributed by atoms with Gasteiger partial charge in [-0.15, -0.1) is 0 Å². The summed E-state index contributed by atoms with van der Waals surface area (Å²) in [7, 11) is 0. The van der Waals surface area contributed by atoms with E-state index in [1.54, 1.807) is 24.3 Å². The molecule has 0 spiro atoms. The summed E-state index contributed by atoms with van der Waals surface area (Å²) in [5.74, 6) is 0.292. The van der Waals surface area contributed by atoms with Crippen LogP contribution < -0.4 is 10.6 Å². The molecular formula is C13H13ClN4O. The number of amides is 1. The first-order valence-electron chi connectivity index (χ1n) is 5.82. The van der Waals surface area contributed by atoms with Crippen LogP contribution in [-0.2, 0) is 0 Å². The lowest BCUT2D eigenvalue weighted by Gasteiger charge is -2.06. The van der Waals surface area contributed by atoms with Gasteiger partial charge in [0, 0.05) is 6.54 Å². The molecule has 0 aliphatic carbocycles. The van der Waals surface area contributed by atoms with Crippen molar-refractivity contribution in [3.63, 3.8) is 0 Å². The van der Waals surface area contributed by atoms with Gasteiger partial charge in [0.05, 0.1) is 23.1 Å². The van der Waals surface area contributed by atoms with Crippen LogP contribution in [0.25, 0.3) is 0 Å². The van der Waals surface area contributed by atoms with Crippen LogP contribution in [0, 0.1) is 0 Å². The molecule has 0 saturated carbocycles. The molecule has 0 fully saturated rings. The summed E-state index contributed by atoms with van der Waals surface area (Å²) in [5.41, 5.74) is 0.785. The predicted octanol–water partition coefficient (Wildman–Crippen LogP) is 2.81. The molecule has 0 aliphatic heterocycles. The monoisotopic (exact) mass is 276 g/mol. The number of benzene rings is 1. The number of carbonyl (C=O) groups is 1. The molecule has 0 radical (unpaired) electrons. The van der Waals surface area contributed by atoms with Crippen molar-refractivity contribution >= 4 is 29.0 Å². The van der Waals surface area contributed by atoms with Crippen molar-refractivity contribution < 1.29 is 4.79 Å². The lowest BCUT2D eigenvalue weighted by Crippen LogP contribution is -2.14. The Morgan fingerprint density at radius 2 is 2.05 bits per heavy atom. The number of carbonyl (C=O) groups excluding carboxylic acids is 1. The van der Waals surface area contributed by atoms with Crippen molar-refractivity contribution in [1.82, 2.24) is 9.97 Å². The van der Waals surface area contributed by atoms with Gasteiger partial charge in [-0.2, -0.15) is 0 Å². The van der Waals surface area contributed by atoms with Crippen molar-refractivity contribution in [2.45, 2.75) is 6.92 Å². The molecule has 0 bridgehead atoms. The zero-order chi connectivity index (χ0) is 13.7. The smallest absolute Gasteiger partial charge is 0.275 e. The van der Waals surface area contributed by atoms with E-state index in [4.69, 9.17) is 11.6 Å². The van der Waals surface area contributed by atoms with Crippen LogP contribution in [0.5, 0.6) is 0 Å². The molecular weight excluding hydrogens is 264 g/mol. The summed E-state index contributed by atoms with van der Waals surface area (Å²) in [4.78, 5) is 20.1. The van der Waals surface area contributed by atoms with Gasteiger partial charge < -0.3 is 10.6 Å². The number of aromatic nitrogens is 2. The molecule has 2 rings (SSSR count). The summed E-state index contributed by atoms with van der Waals surface area (Å²) >= 11 is 5.96. The normalized spacial score (nSPS) is 10.0. The predicted molar refractivity (Wildman–Crippen MR) is 75.6 cm³/mol. The molecule has 1 aromatic carbocycles. The molecule has 2 aromatic rings. The lowest BCUT2D eigenvalue weighted by molar-refractivity contribution is 0.102. The third-order valence-corrected chi connectivity index (χ3v) is 2.69. The minimum absolute atomic E-state index is 0.238. The van der Waals surface area contributed by atoms with Gasteiger partial charge in [-0.3, -0.25) is 4.79 Å². The van der Waals surface area contributed by atoms with Crippen LogP contribution in [0.15, 0.2) is 36.7 Å². The number of hydrogen-bond donors (Lipinski definition) is 2. The molecule has 1 heterocycles. The number of halogens is 1. The van der Waals surface area contributed by atoms with Gasteiger partial charge in [-0.1, -0.05) is 23.7 Å². The Bertz CT molecular complexity index is 571. The number of nitrogens with zero attached hydrogens (tertiary/aromatic N) is 2. The third-order valence-electron chi connectivity index (χ3n) is 2.36. The maximum absolute atomic E-state index is 11.9. The topological polar surface area (TPSA) is 66.9 Å². The Hall–Kier alpha value is -2.14. The van der Waals surface area contributed by atoms with Crippen molar-refractivity contribution in [3.05, 3.63) is 47.4 Å². The number of rotatable bonds is 4. The second-order valence-corrected chi connectivity index (χ2v) is 4.16. The van der Waals surface area contributed by atoms with Crippen molar-refractivity contribution in [1.29, 1.82) is 0 Å². The van der Waals surface area contributed by atoms with Gasteiger partial charge in [0.1, 0.15) is 11.5 Å². The minimum Gasteiger partial charge on any atom is -0.369 e. The molecule has 0 aliphatic rings. The first-order chi connectivity index (χ1) is 9.20. The molecule has 0 unspecified atom stereocenters. The van der Waals surface area contributed by atoms with Crippen LogP contribution in [0.1, 0.15) is 17.4 Å². The van der Waals surface area contributed by atoms with E-state index in [9.17, 15) is 4.79 Å². The quantitative estimate of drug-likeness (QED) is 0.901. The summed E-state index contributed by atoms with van der Waals surface area (Å²) in [6.07, 6.45) is 2.94. The molecule has 5 nitrogen and oxygen atoms in total. The number of hydrogen-bond acceptors (Lipinski definition) is 4. The summed E-state index contributed by atoms with van der Waals surface area (Å²) in [6.45, 7) is 2.71. The second-order valence-electron chi connectivity index (χ2n) is 3.75. The van der Waals surface area contributed by atoms with Crippen LogP contribution in [0.3, 0.4) is 0 Å². The van der Waals surface area contributed by atoms with Crippen molar-refractivity contribution in [2.24, 2.45) is 0 Å². The number of anilines is 2. The molecule has 6 heteroatoms. The van der Waals surface area contributed by atoms with E-state index in [0.29, 0.717) is 16.5 Å². The van der Waals surface area contributed by atoms with E-state index < -0.39 is 0 Å². The van der Waals surface area contributed by atoms with E-state index in [-0.39, 0.29) is 11.6 Å². The van der Waals surface area contributed by atoms with Gasteiger partial charge >= 0.3 is 0 Å². The number of nitrogens with one attached hydrogen (secondary N) is 2. The molecule has 19 heavy (non-hydrogen) atoms. The van der Waals surface area contributed by atoms with E-state index in [1.807, 2.05) is 6.92 Å². The largest absolute Gasteiger partial charge is 0.369 e. The standard InChI is InChI=1S/C13H13ClN4O/c1-2-15-12-8-16-11(7-17-12)13(19)18-10-6-4-3-5-9(10)14/h3-8H,2H2,1H3,(H,15,17)(H,18,19). The van der Waals surface area contributed by atoms with Crippen LogP contribution in [-0.4, -0.2) is 22.4 Å². The Kier molecular flexibility index (Phi) is 4.30. The van der Waals surface area contributed by atoms with E-state index in [1.165, 1.54) is 12.4 Å². The zero-order valence-electron chi connectivity index (χ0n) is 10.4. The molecule has 1 aromatic heterocycles. The summed E-state index contributed by atoms with van der Waals surface area (Å²) < 4.78 is 0. The van der Waals surface area contributed by atoms with Crippen molar-refractivity contribution in [3.8, 4) is 0 Å². The molecule has 0 saturated heterocycles. The van der Waals surface area contributed by atoms with Gasteiger partial charge in [0.2, 0.25) is 0 Å². The van der Waals surface area contributed by atoms with Crippen LogP contribution in [0.2, 0.25) is 5.02 Å². The average molecular weight is 277 g/mol. The van der Waals surface area contributed by atoms with E-state index in [0.717, 1.165) is 6.54 Å². The van der Waals surface area contributed by atoms with E-state index in [2.05, 4.69) is 20.6 Å². The second kappa shape index (κ2) is 6.15. The molecule has 0 atom stereocenters. The Labute approximate surface area is 116 Å². The number of para-hydroxylation sites is 1. The van der Waals surface area contributed by atoms with E-state index >= 15 is 0 Å². The highest BCUT2D eigenvalue weighted by molar-refractivity contribution is 6.33. The Morgan fingerprint density at radius 3 is 2.68 bits per heavy atom. The fraction of sp³-hybridized carbons (Fsp3) is 0.154. The van der Waals surface area contributed by atoms with Gasteiger partial charge in [0.25, 0.3) is 5.91 Å². The van der Waals surface area contributed by atoms with Gasteiger partial charge in [-0.05, 0) is 19.1 Å². The van der Waals surface area contributed by atoms with Gasteiger partial charge in [0.15, 0.2) is 0 Å². The molecule has 2 N–H and O–H groups in total. The SMILES string of the molecule is CCNc1cnc(C(=O)Nc2ccccc2Cl)cn1. The fourth-order valence-corrected chi connectivity index (χ4v) is 1.65. The van der Waals surface area contributed by atoms with Crippen molar-refractivity contribution in [2.75, 3.05) is 17.2 Å². The first-order valence-corrected chi connectivity index (χ1v) is 6.20. The Balaban J connectivity index is 2.10. The highest BCUT2D eigenvalue weighted by atomic mass is 35.5. The first kappa shape index (κ1) is 13.3. The highest BCUT2D eigenvalue weighted by Crippen LogP contribution is 2.20. The maximum atomic E-state index is 11.9. The van der Waals surface area contributed by atoms with Crippen LogP contribution >= 0.6 is 11.6 Å². The lowest BCUT2D eigenvalue weighted by atomic mass is 10.3. The third kappa shape index (κ3) is 3.42. The maximum Gasteiger partial charge on any atom is 0.275 e. The van der Waals surface area contributed by atoms with Gasteiger partial charge in [-0.25, -0.2) is 9.97 Å². The minimum atomic E-state index is -0.344. The average Bonchev–Trinajstić information content (AvgIpc) is 2.42. The Morgan fingerprint density at radius 1 is 1.26 bits per heavy atom. The molecule has 98 valence electrons. The molecule has 1 amide bonds.